The number of allylic oxidation sites excluding steroid dienone is 2. The molecule has 0 saturated carbocycles. The minimum atomic E-state index is -0.156. The van der Waals surface area contributed by atoms with E-state index in [1.165, 1.54) is 26.0 Å². The van der Waals surface area contributed by atoms with E-state index < -0.39 is 0 Å². The number of benzene rings is 2. The van der Waals surface area contributed by atoms with Gasteiger partial charge in [0.25, 0.3) is 0 Å². The monoisotopic (exact) mass is 391 g/mol. The van der Waals surface area contributed by atoms with E-state index >= 15 is 0 Å². The van der Waals surface area contributed by atoms with Crippen molar-refractivity contribution >= 4 is 23.1 Å². The Morgan fingerprint density at radius 2 is 0.962 bits per heavy atom. The van der Waals surface area contributed by atoms with Crippen LogP contribution >= 0.6 is 0 Å². The third kappa shape index (κ3) is 10.2. The summed E-state index contributed by atoms with van der Waals surface area (Å²) in [6.07, 6.45) is 2.41. The van der Waals surface area contributed by atoms with Crippen molar-refractivity contribution in [2.75, 3.05) is 0 Å². The van der Waals surface area contributed by atoms with Crippen molar-refractivity contribution in [1.82, 2.24) is 0 Å². The van der Waals surface area contributed by atoms with E-state index in [9.17, 15) is 19.8 Å². The fourth-order valence-electron chi connectivity index (χ4n) is 1.77. The van der Waals surface area contributed by atoms with Gasteiger partial charge in [0.1, 0.15) is 11.5 Å². The molecule has 26 heavy (non-hydrogen) atoms. The first kappa shape index (κ1) is 23.2. The fourth-order valence-corrected chi connectivity index (χ4v) is 1.77. The zero-order chi connectivity index (χ0) is 19.9. The van der Waals surface area contributed by atoms with Crippen LogP contribution in [-0.2, 0) is 30.6 Å². The summed E-state index contributed by atoms with van der Waals surface area (Å²) in [4.78, 5) is 21.2. The van der Waals surface area contributed by atoms with E-state index in [0.29, 0.717) is 11.1 Å². The Kier molecular flexibility index (Phi) is 12.1. The van der Waals surface area contributed by atoms with E-state index in [-0.39, 0.29) is 23.1 Å². The summed E-state index contributed by atoms with van der Waals surface area (Å²) in [5.41, 5.74) is 1.32. The molecular formula is C20H20O5V. The molecule has 0 unspecified atom stereocenters. The molecule has 0 aromatic heterocycles. The third-order valence-corrected chi connectivity index (χ3v) is 2.82. The quantitative estimate of drug-likeness (QED) is 0.601. The normalized spacial score (nSPS) is 10.5. The zero-order valence-corrected chi connectivity index (χ0v) is 15.9. The van der Waals surface area contributed by atoms with Gasteiger partial charge in [0.15, 0.2) is 11.6 Å². The van der Waals surface area contributed by atoms with Gasteiger partial charge in [-0.2, -0.15) is 0 Å². The van der Waals surface area contributed by atoms with Crippen LogP contribution in [0.25, 0.3) is 11.5 Å². The summed E-state index contributed by atoms with van der Waals surface area (Å²) in [7, 11) is 0. The molecule has 0 aliphatic carbocycles. The molecule has 2 rings (SSSR count). The summed E-state index contributed by atoms with van der Waals surface area (Å²) >= 11 is 1.06. The van der Waals surface area contributed by atoms with Gasteiger partial charge in [-0.3, -0.25) is 9.59 Å². The Balaban J connectivity index is 0.000000439. The van der Waals surface area contributed by atoms with Crippen molar-refractivity contribution in [2.45, 2.75) is 13.8 Å². The van der Waals surface area contributed by atoms with Crippen molar-refractivity contribution in [3.8, 4) is 0 Å². The van der Waals surface area contributed by atoms with Gasteiger partial charge in [-0.15, -0.1) is 0 Å². The number of aliphatic hydroxyl groups is 2. The molecule has 0 bridgehead atoms. The van der Waals surface area contributed by atoms with E-state index in [0.717, 1.165) is 17.4 Å². The van der Waals surface area contributed by atoms with Gasteiger partial charge in [-0.05, 0) is 13.8 Å². The van der Waals surface area contributed by atoms with E-state index in [1.54, 1.807) is 48.5 Å². The van der Waals surface area contributed by atoms with Gasteiger partial charge in [0.05, 0.1) is 0 Å². The van der Waals surface area contributed by atoms with Gasteiger partial charge >= 0.3 is 21.0 Å². The second-order valence-corrected chi connectivity index (χ2v) is 5.01. The number of hydrogen-bond donors (Lipinski definition) is 2. The standard InChI is InChI=1S/2C10H10O2.O.V/c2*1-8(11)7-10(12)9-5-3-2-4-6-9;;/h2*2-7,12H,1H3;;/b2*10-7-;;. The van der Waals surface area contributed by atoms with Crippen LogP contribution in [0.3, 0.4) is 0 Å². The first-order chi connectivity index (χ1) is 12.4. The van der Waals surface area contributed by atoms with Crippen molar-refractivity contribution in [3.63, 3.8) is 0 Å². The molecular weight excluding hydrogens is 371 g/mol. The van der Waals surface area contributed by atoms with Crippen LogP contribution in [0.4, 0.5) is 0 Å². The van der Waals surface area contributed by atoms with Crippen LogP contribution in [-0.4, -0.2) is 21.8 Å². The fraction of sp³-hybridized carbons (Fsp3) is 0.100. The van der Waals surface area contributed by atoms with Crippen molar-refractivity contribution in [2.24, 2.45) is 0 Å². The summed E-state index contributed by atoms with van der Waals surface area (Å²) in [6, 6.07) is 17.9. The van der Waals surface area contributed by atoms with Gasteiger partial charge in [-0.25, -0.2) is 0 Å². The molecule has 2 N–H and O–H groups in total. The Hall–Kier alpha value is -2.76. The molecule has 135 valence electrons. The molecule has 2 aromatic carbocycles. The first-order valence-electron chi connectivity index (χ1n) is 7.51. The predicted molar refractivity (Wildman–Crippen MR) is 96.1 cm³/mol. The topological polar surface area (TPSA) is 91.7 Å². The number of carbonyl (C=O) groups excluding carboxylic acids is 2. The second kappa shape index (κ2) is 13.5. The van der Waals surface area contributed by atoms with Crippen molar-refractivity contribution < 1.29 is 40.8 Å². The molecule has 0 saturated heterocycles. The molecule has 2 aromatic rings. The molecule has 0 fully saturated rings. The molecule has 0 aliphatic rings. The molecule has 6 heteroatoms. The van der Waals surface area contributed by atoms with Gasteiger partial charge in [0.2, 0.25) is 0 Å². The van der Waals surface area contributed by atoms with E-state index in [4.69, 9.17) is 3.67 Å². The van der Waals surface area contributed by atoms with Crippen LogP contribution in [0.5, 0.6) is 0 Å². The summed E-state index contributed by atoms with van der Waals surface area (Å²) in [6.45, 7) is 2.80. The third-order valence-electron chi connectivity index (χ3n) is 2.82. The number of hydrogen-bond acceptors (Lipinski definition) is 5. The second-order valence-electron chi connectivity index (χ2n) is 5.01. The van der Waals surface area contributed by atoms with Crippen LogP contribution in [0.1, 0.15) is 25.0 Å². The predicted octanol–water partition coefficient (Wildman–Crippen LogP) is 4.23. The summed E-state index contributed by atoms with van der Waals surface area (Å²) in [5, 5.41) is 18.7. The van der Waals surface area contributed by atoms with Crippen LogP contribution in [0.2, 0.25) is 0 Å². The molecule has 5 nitrogen and oxygen atoms in total. The SMILES string of the molecule is CC(=O)/C=C(\O)c1ccccc1.CC(=O)/C=C(\O)c1ccccc1.[O]=[V]. The molecule has 0 heterocycles. The summed E-state index contributed by atoms with van der Waals surface area (Å²) in [5.74, 6) is -0.279. The van der Waals surface area contributed by atoms with Crippen LogP contribution in [0, 0.1) is 0 Å². The van der Waals surface area contributed by atoms with Crippen LogP contribution in [0.15, 0.2) is 72.8 Å². The minimum absolute atomic E-state index is 0.0168. The number of rotatable bonds is 4. The Labute approximate surface area is 161 Å². The zero-order valence-electron chi connectivity index (χ0n) is 14.5. The average Bonchev–Trinajstić information content (AvgIpc) is 2.64. The molecule has 0 aliphatic heterocycles. The maximum absolute atomic E-state index is 10.6. The first-order valence-corrected chi connectivity index (χ1v) is 8.08. The number of ketones is 2. The molecule has 0 spiro atoms. The van der Waals surface area contributed by atoms with Gasteiger partial charge in [-0.1, -0.05) is 60.7 Å². The van der Waals surface area contributed by atoms with E-state index in [2.05, 4.69) is 0 Å². The Bertz CT molecular complexity index is 687. The number of carbonyl (C=O) groups is 2. The van der Waals surface area contributed by atoms with Gasteiger partial charge < -0.3 is 10.2 Å². The molecule has 0 radical (unpaired) electrons. The Morgan fingerprint density at radius 3 is 1.19 bits per heavy atom. The van der Waals surface area contributed by atoms with Crippen molar-refractivity contribution in [1.29, 1.82) is 0 Å². The Morgan fingerprint density at radius 1 is 0.692 bits per heavy atom. The maximum atomic E-state index is 10.6. The van der Waals surface area contributed by atoms with Gasteiger partial charge in [0, 0.05) is 23.3 Å². The number of aliphatic hydroxyl groups excluding tert-OH is 2. The average molecular weight is 391 g/mol. The summed E-state index contributed by atoms with van der Waals surface area (Å²) < 4.78 is 8.19. The van der Waals surface area contributed by atoms with E-state index in [1.807, 2.05) is 12.1 Å². The molecule has 0 atom stereocenters. The van der Waals surface area contributed by atoms with Crippen LogP contribution < -0.4 is 0 Å². The molecule has 0 amide bonds. The van der Waals surface area contributed by atoms with Crippen molar-refractivity contribution in [3.05, 3.63) is 83.9 Å².